The van der Waals surface area contributed by atoms with Crippen molar-refractivity contribution in [3.8, 4) is 9.88 Å². The summed E-state index contributed by atoms with van der Waals surface area (Å²) in [5.74, 6) is 0.101. The van der Waals surface area contributed by atoms with Crippen LogP contribution in [0.25, 0.3) is 20.8 Å². The number of thiazole rings is 1. The number of nitrogens with zero attached hydrogens (tertiary/aromatic N) is 3. The number of nitrogens with one attached hydrogen (secondary N) is 1. The van der Waals surface area contributed by atoms with Gasteiger partial charge in [0.05, 0.1) is 17.5 Å². The quantitative estimate of drug-likeness (QED) is 0.528. The van der Waals surface area contributed by atoms with Crippen molar-refractivity contribution in [3.63, 3.8) is 0 Å². The second-order valence-electron chi connectivity index (χ2n) is 7.22. The summed E-state index contributed by atoms with van der Waals surface area (Å²) in [6.45, 7) is 2.21. The van der Waals surface area contributed by atoms with E-state index in [1.54, 1.807) is 17.5 Å². The van der Waals surface area contributed by atoms with Gasteiger partial charge in [-0.15, -0.1) is 22.7 Å². The van der Waals surface area contributed by atoms with E-state index in [1.807, 2.05) is 57.8 Å². The van der Waals surface area contributed by atoms with Gasteiger partial charge in [0, 0.05) is 43.3 Å². The average molecular weight is 437 g/mol. The van der Waals surface area contributed by atoms with Gasteiger partial charge in [-0.3, -0.25) is 9.59 Å². The fraction of sp³-hybridized carbons (Fsp3) is 0.227. The zero-order chi connectivity index (χ0) is 20.5. The van der Waals surface area contributed by atoms with Crippen LogP contribution in [0.4, 0.5) is 0 Å². The summed E-state index contributed by atoms with van der Waals surface area (Å²) < 4.78 is 0. The number of thiophene rings is 1. The van der Waals surface area contributed by atoms with Crippen LogP contribution in [0.1, 0.15) is 15.2 Å². The Balaban J connectivity index is 1.20. The van der Waals surface area contributed by atoms with Crippen molar-refractivity contribution in [2.45, 2.75) is 6.42 Å². The number of piperazine rings is 1. The van der Waals surface area contributed by atoms with Crippen LogP contribution < -0.4 is 0 Å². The van der Waals surface area contributed by atoms with E-state index in [0.717, 1.165) is 26.4 Å². The number of H-pyrrole nitrogens is 1. The Labute approximate surface area is 181 Å². The summed E-state index contributed by atoms with van der Waals surface area (Å²) in [7, 11) is 0. The highest BCUT2D eigenvalue weighted by molar-refractivity contribution is 7.21. The van der Waals surface area contributed by atoms with Gasteiger partial charge in [-0.05, 0) is 23.1 Å². The second kappa shape index (κ2) is 8.04. The van der Waals surface area contributed by atoms with Crippen LogP contribution in [0.5, 0.6) is 0 Å². The molecular formula is C22H20N4O2S2. The van der Waals surface area contributed by atoms with Crippen molar-refractivity contribution < 1.29 is 9.59 Å². The number of para-hydroxylation sites is 1. The predicted octanol–water partition coefficient (Wildman–Crippen LogP) is 3.88. The Bertz CT molecular complexity index is 1190. The third-order valence-corrected chi connectivity index (χ3v) is 7.41. The molecule has 1 aliphatic rings. The van der Waals surface area contributed by atoms with E-state index in [-0.39, 0.29) is 11.8 Å². The lowest BCUT2D eigenvalue weighted by atomic mass is 10.1. The maximum Gasteiger partial charge on any atom is 0.265 e. The van der Waals surface area contributed by atoms with Gasteiger partial charge in [0.15, 0.2) is 0 Å². The Hall–Kier alpha value is -2.97. The number of amides is 2. The maximum absolute atomic E-state index is 12.9. The molecule has 0 unspecified atom stereocenters. The first-order valence-electron chi connectivity index (χ1n) is 9.81. The zero-order valence-corrected chi connectivity index (χ0v) is 17.8. The number of aromatic amines is 1. The SMILES string of the molecule is O=C(Cc1c[nH]c2ccccc12)N1CCN(C(=O)c2cnc(-c3cccs3)s2)CC1. The van der Waals surface area contributed by atoms with E-state index in [9.17, 15) is 9.59 Å². The molecule has 1 fully saturated rings. The van der Waals surface area contributed by atoms with Crippen LogP contribution in [-0.4, -0.2) is 57.8 Å². The lowest BCUT2D eigenvalue weighted by molar-refractivity contribution is -0.131. The average Bonchev–Trinajstić information content (AvgIpc) is 3.54. The molecule has 0 bridgehead atoms. The number of hydrogen-bond acceptors (Lipinski definition) is 5. The third-order valence-electron chi connectivity index (χ3n) is 5.38. The Morgan fingerprint density at radius 2 is 1.83 bits per heavy atom. The van der Waals surface area contributed by atoms with Crippen LogP contribution in [-0.2, 0) is 11.2 Å². The Kier molecular flexibility index (Phi) is 5.10. The summed E-state index contributed by atoms with van der Waals surface area (Å²) in [5.41, 5.74) is 2.06. The number of rotatable bonds is 4. The molecule has 1 N–H and O–H groups in total. The monoisotopic (exact) mass is 436 g/mol. The van der Waals surface area contributed by atoms with Crippen LogP contribution in [0.2, 0.25) is 0 Å². The molecule has 6 nitrogen and oxygen atoms in total. The van der Waals surface area contributed by atoms with Gasteiger partial charge in [0.2, 0.25) is 5.91 Å². The lowest BCUT2D eigenvalue weighted by Crippen LogP contribution is -2.50. The van der Waals surface area contributed by atoms with Gasteiger partial charge in [0.25, 0.3) is 5.91 Å². The van der Waals surface area contributed by atoms with Crippen molar-refractivity contribution in [3.05, 3.63) is 64.6 Å². The van der Waals surface area contributed by atoms with Gasteiger partial charge < -0.3 is 14.8 Å². The molecule has 0 radical (unpaired) electrons. The minimum Gasteiger partial charge on any atom is -0.361 e. The zero-order valence-electron chi connectivity index (χ0n) is 16.2. The normalized spacial score (nSPS) is 14.4. The number of hydrogen-bond donors (Lipinski definition) is 1. The topological polar surface area (TPSA) is 69.3 Å². The van der Waals surface area contributed by atoms with Crippen molar-refractivity contribution >= 4 is 45.4 Å². The molecule has 3 aromatic heterocycles. The van der Waals surface area contributed by atoms with E-state index < -0.39 is 0 Å². The third kappa shape index (κ3) is 3.64. The highest BCUT2D eigenvalue weighted by Crippen LogP contribution is 2.29. The van der Waals surface area contributed by atoms with E-state index >= 15 is 0 Å². The molecule has 1 saturated heterocycles. The molecular weight excluding hydrogens is 416 g/mol. The molecule has 4 aromatic rings. The van der Waals surface area contributed by atoms with E-state index in [1.165, 1.54) is 11.3 Å². The summed E-state index contributed by atoms with van der Waals surface area (Å²) in [5, 5.41) is 3.97. The summed E-state index contributed by atoms with van der Waals surface area (Å²) in [4.78, 5) is 38.7. The van der Waals surface area contributed by atoms with Crippen molar-refractivity contribution in [2.75, 3.05) is 26.2 Å². The van der Waals surface area contributed by atoms with Crippen LogP contribution in [0, 0.1) is 0 Å². The fourth-order valence-electron chi connectivity index (χ4n) is 3.75. The van der Waals surface area contributed by atoms with Crippen LogP contribution >= 0.6 is 22.7 Å². The molecule has 30 heavy (non-hydrogen) atoms. The van der Waals surface area contributed by atoms with Crippen molar-refractivity contribution in [1.29, 1.82) is 0 Å². The molecule has 1 aliphatic heterocycles. The standard InChI is InChI=1S/C22H20N4O2S2/c27-20(12-15-13-23-17-5-2-1-4-16(15)17)25-7-9-26(10-8-25)22(28)19-14-24-21(30-19)18-6-3-11-29-18/h1-6,11,13-14,23H,7-10,12H2. The van der Waals surface area contributed by atoms with Crippen molar-refractivity contribution in [1.82, 2.24) is 19.8 Å². The van der Waals surface area contributed by atoms with Gasteiger partial charge in [-0.25, -0.2) is 4.98 Å². The smallest absolute Gasteiger partial charge is 0.265 e. The molecule has 0 aliphatic carbocycles. The highest BCUT2D eigenvalue weighted by Gasteiger charge is 2.26. The van der Waals surface area contributed by atoms with E-state index in [2.05, 4.69) is 9.97 Å². The summed E-state index contributed by atoms with van der Waals surface area (Å²) in [6.07, 6.45) is 3.95. The number of fused-ring (bicyclic) bond motifs is 1. The van der Waals surface area contributed by atoms with Crippen LogP contribution in [0.3, 0.4) is 0 Å². The molecule has 0 saturated carbocycles. The summed E-state index contributed by atoms with van der Waals surface area (Å²) in [6, 6.07) is 12.0. The fourth-order valence-corrected chi connectivity index (χ4v) is 5.44. The molecule has 0 atom stereocenters. The number of aromatic nitrogens is 2. The minimum atomic E-state index is -0.000895. The predicted molar refractivity (Wildman–Crippen MR) is 120 cm³/mol. The first kappa shape index (κ1) is 19.0. The molecule has 5 rings (SSSR count). The molecule has 2 amide bonds. The summed E-state index contributed by atoms with van der Waals surface area (Å²) >= 11 is 3.05. The van der Waals surface area contributed by atoms with Gasteiger partial charge >= 0.3 is 0 Å². The maximum atomic E-state index is 12.9. The van der Waals surface area contributed by atoms with Gasteiger partial charge in [-0.1, -0.05) is 24.3 Å². The van der Waals surface area contributed by atoms with Crippen molar-refractivity contribution in [2.24, 2.45) is 0 Å². The first-order chi connectivity index (χ1) is 14.7. The molecule has 152 valence electrons. The largest absolute Gasteiger partial charge is 0.361 e. The number of carbonyl (C=O) groups excluding carboxylic acids is 2. The minimum absolute atomic E-state index is 0.000895. The van der Waals surface area contributed by atoms with Crippen LogP contribution in [0.15, 0.2) is 54.2 Å². The lowest BCUT2D eigenvalue weighted by Gasteiger charge is -2.34. The molecule has 1 aromatic carbocycles. The molecule has 0 spiro atoms. The second-order valence-corrected chi connectivity index (χ2v) is 9.19. The van der Waals surface area contributed by atoms with E-state index in [0.29, 0.717) is 37.5 Å². The molecule has 8 heteroatoms. The number of carbonyl (C=O) groups is 2. The van der Waals surface area contributed by atoms with Gasteiger partial charge in [0.1, 0.15) is 9.88 Å². The Morgan fingerprint density at radius 1 is 1.03 bits per heavy atom. The highest BCUT2D eigenvalue weighted by atomic mass is 32.1. The molecule has 4 heterocycles. The number of benzene rings is 1. The van der Waals surface area contributed by atoms with E-state index in [4.69, 9.17) is 0 Å². The van der Waals surface area contributed by atoms with Gasteiger partial charge in [-0.2, -0.15) is 0 Å². The Morgan fingerprint density at radius 3 is 2.63 bits per heavy atom. The first-order valence-corrected chi connectivity index (χ1v) is 11.5.